The average Bonchev–Trinajstić information content (AvgIpc) is 2.64. The number of carbonyl (C=O) groups excluding carboxylic acids is 1. The van der Waals surface area contributed by atoms with Crippen LogP contribution in [-0.4, -0.2) is 37.9 Å². The number of nitrogens with zero attached hydrogens (tertiary/aromatic N) is 2. The second-order valence-electron chi connectivity index (χ2n) is 5.92. The lowest BCUT2D eigenvalue weighted by Crippen LogP contribution is -2.36. The molecule has 2 aromatic rings. The second-order valence-corrected chi connectivity index (χ2v) is 6.78. The number of hydrogen-bond donors (Lipinski definition) is 2. The molecule has 0 aliphatic heterocycles. The van der Waals surface area contributed by atoms with Gasteiger partial charge in [-0.1, -0.05) is 18.2 Å². The largest absolute Gasteiger partial charge is 0.352 e. The Morgan fingerprint density at radius 1 is 1.08 bits per heavy atom. The molecule has 138 valence electrons. The topological polar surface area (TPSA) is 56.7 Å². The zero-order chi connectivity index (χ0) is 19.1. The molecule has 0 aliphatic rings. The van der Waals surface area contributed by atoms with Crippen molar-refractivity contribution >= 4 is 27.8 Å². The van der Waals surface area contributed by atoms with Crippen LogP contribution >= 0.6 is 15.9 Å². The van der Waals surface area contributed by atoms with Crippen molar-refractivity contribution < 1.29 is 9.18 Å². The van der Waals surface area contributed by atoms with Gasteiger partial charge in [0.2, 0.25) is 0 Å². The number of rotatable bonds is 5. The Morgan fingerprint density at radius 2 is 1.65 bits per heavy atom. The lowest BCUT2D eigenvalue weighted by atomic mass is 10.1. The molecule has 0 aliphatic carbocycles. The smallest absolute Gasteiger partial charge is 0.253 e. The lowest BCUT2D eigenvalue weighted by Gasteiger charge is -2.13. The van der Waals surface area contributed by atoms with Crippen molar-refractivity contribution in [1.29, 1.82) is 0 Å². The normalized spacial score (nSPS) is 11.2. The molecule has 0 fully saturated rings. The van der Waals surface area contributed by atoms with Crippen LogP contribution in [-0.2, 0) is 13.1 Å². The third-order valence-electron chi connectivity index (χ3n) is 3.73. The highest BCUT2D eigenvalue weighted by Crippen LogP contribution is 2.16. The zero-order valence-electron chi connectivity index (χ0n) is 15.0. The van der Waals surface area contributed by atoms with Gasteiger partial charge in [-0.15, -0.1) is 0 Å². The quantitative estimate of drug-likeness (QED) is 0.576. The maximum Gasteiger partial charge on any atom is 0.253 e. The fourth-order valence-corrected chi connectivity index (χ4v) is 2.51. The fourth-order valence-electron chi connectivity index (χ4n) is 2.27. The van der Waals surface area contributed by atoms with Gasteiger partial charge in [0.25, 0.3) is 5.91 Å². The van der Waals surface area contributed by atoms with E-state index in [4.69, 9.17) is 0 Å². The van der Waals surface area contributed by atoms with Gasteiger partial charge in [0.05, 0.1) is 4.47 Å². The summed E-state index contributed by atoms with van der Waals surface area (Å²) < 4.78 is 14.0. The van der Waals surface area contributed by atoms with Crippen LogP contribution in [0.1, 0.15) is 21.5 Å². The fraction of sp³-hybridized carbons (Fsp3) is 0.263. The third kappa shape index (κ3) is 5.56. The SMILES string of the molecule is CN=C(NCc1ccc(C(=O)N(C)C)cc1)NCc1ccc(Br)c(F)c1. The van der Waals surface area contributed by atoms with Crippen molar-refractivity contribution in [3.8, 4) is 0 Å². The number of carbonyl (C=O) groups is 1. The summed E-state index contributed by atoms with van der Waals surface area (Å²) in [5.74, 6) is 0.296. The van der Waals surface area contributed by atoms with E-state index < -0.39 is 0 Å². The van der Waals surface area contributed by atoms with Gasteiger partial charge < -0.3 is 15.5 Å². The molecule has 7 heteroatoms. The van der Waals surface area contributed by atoms with Gasteiger partial charge >= 0.3 is 0 Å². The van der Waals surface area contributed by atoms with E-state index in [1.165, 1.54) is 6.07 Å². The first-order chi connectivity index (χ1) is 12.4. The summed E-state index contributed by atoms with van der Waals surface area (Å²) in [4.78, 5) is 17.6. The van der Waals surface area contributed by atoms with Crippen molar-refractivity contribution in [2.45, 2.75) is 13.1 Å². The first-order valence-corrected chi connectivity index (χ1v) is 8.89. The first kappa shape index (κ1) is 19.9. The van der Waals surface area contributed by atoms with E-state index in [-0.39, 0.29) is 11.7 Å². The lowest BCUT2D eigenvalue weighted by molar-refractivity contribution is 0.0827. The molecule has 0 saturated heterocycles. The number of amides is 1. The molecular formula is C19H22BrFN4O. The highest BCUT2D eigenvalue weighted by atomic mass is 79.9. The van der Waals surface area contributed by atoms with Crippen LogP contribution in [0.25, 0.3) is 0 Å². The molecule has 0 unspecified atom stereocenters. The minimum absolute atomic E-state index is 0.0243. The maximum atomic E-state index is 13.5. The predicted molar refractivity (Wildman–Crippen MR) is 106 cm³/mol. The van der Waals surface area contributed by atoms with Crippen LogP contribution in [0.4, 0.5) is 4.39 Å². The number of nitrogens with one attached hydrogen (secondary N) is 2. The summed E-state index contributed by atoms with van der Waals surface area (Å²) in [5, 5.41) is 6.34. The van der Waals surface area contributed by atoms with Crippen LogP contribution < -0.4 is 10.6 Å². The molecule has 1 amide bonds. The Bertz CT molecular complexity index is 791. The summed E-state index contributed by atoms with van der Waals surface area (Å²) in [6.07, 6.45) is 0. The molecule has 0 aromatic heterocycles. The highest BCUT2D eigenvalue weighted by molar-refractivity contribution is 9.10. The van der Waals surface area contributed by atoms with E-state index >= 15 is 0 Å². The van der Waals surface area contributed by atoms with E-state index in [0.717, 1.165) is 11.1 Å². The minimum Gasteiger partial charge on any atom is -0.352 e. The van der Waals surface area contributed by atoms with E-state index in [2.05, 4.69) is 31.6 Å². The minimum atomic E-state index is -0.292. The summed E-state index contributed by atoms with van der Waals surface area (Å²) in [6, 6.07) is 12.4. The average molecular weight is 421 g/mol. The Morgan fingerprint density at radius 3 is 2.19 bits per heavy atom. The van der Waals surface area contributed by atoms with Crippen LogP contribution in [0, 0.1) is 5.82 Å². The molecule has 0 heterocycles. The van der Waals surface area contributed by atoms with Crippen LogP contribution in [0.5, 0.6) is 0 Å². The van der Waals surface area contributed by atoms with E-state index in [0.29, 0.717) is 29.1 Å². The Kier molecular flexibility index (Phi) is 7.15. The first-order valence-electron chi connectivity index (χ1n) is 8.09. The van der Waals surface area contributed by atoms with Gasteiger partial charge in [-0.25, -0.2) is 4.39 Å². The summed E-state index contributed by atoms with van der Waals surface area (Å²) >= 11 is 3.14. The van der Waals surface area contributed by atoms with E-state index in [9.17, 15) is 9.18 Å². The molecule has 0 spiro atoms. The van der Waals surface area contributed by atoms with Crippen molar-refractivity contribution in [1.82, 2.24) is 15.5 Å². The molecule has 0 bridgehead atoms. The van der Waals surface area contributed by atoms with Crippen molar-refractivity contribution in [3.63, 3.8) is 0 Å². The monoisotopic (exact) mass is 420 g/mol. The third-order valence-corrected chi connectivity index (χ3v) is 4.38. The van der Waals surface area contributed by atoms with Gasteiger partial charge in [-0.3, -0.25) is 9.79 Å². The summed E-state index contributed by atoms with van der Waals surface area (Å²) in [5.41, 5.74) is 2.50. The van der Waals surface area contributed by atoms with E-state index in [1.807, 2.05) is 18.2 Å². The maximum absolute atomic E-state index is 13.5. The van der Waals surface area contributed by atoms with Crippen molar-refractivity contribution in [3.05, 3.63) is 69.4 Å². The number of hydrogen-bond acceptors (Lipinski definition) is 2. The molecule has 0 radical (unpaired) electrons. The predicted octanol–water partition coefficient (Wildman–Crippen LogP) is 3.16. The molecule has 2 N–H and O–H groups in total. The van der Waals surface area contributed by atoms with Gasteiger partial charge in [-0.05, 0) is 51.3 Å². The Balaban J connectivity index is 1.88. The molecule has 26 heavy (non-hydrogen) atoms. The molecule has 5 nitrogen and oxygen atoms in total. The van der Waals surface area contributed by atoms with E-state index in [1.54, 1.807) is 44.2 Å². The van der Waals surface area contributed by atoms with Gasteiger partial charge in [0, 0.05) is 39.8 Å². The van der Waals surface area contributed by atoms with Crippen LogP contribution in [0.15, 0.2) is 51.9 Å². The standard InChI is InChI=1S/C19H22BrFN4O/c1-22-19(24-12-14-6-9-16(20)17(21)10-14)23-11-13-4-7-15(8-5-13)18(26)25(2)3/h4-10H,11-12H2,1-3H3,(H2,22,23,24). The van der Waals surface area contributed by atoms with Gasteiger partial charge in [0.1, 0.15) is 5.82 Å². The summed E-state index contributed by atoms with van der Waals surface area (Å²) in [6.45, 7) is 1.02. The molecule has 0 atom stereocenters. The number of benzene rings is 2. The number of halogens is 2. The number of aliphatic imine (C=N–C) groups is 1. The van der Waals surface area contributed by atoms with Crippen LogP contribution in [0.3, 0.4) is 0 Å². The Hall–Kier alpha value is -2.41. The number of guanidine groups is 1. The van der Waals surface area contributed by atoms with Crippen molar-refractivity contribution in [2.75, 3.05) is 21.1 Å². The molecule has 0 saturated carbocycles. The van der Waals surface area contributed by atoms with Crippen LogP contribution in [0.2, 0.25) is 0 Å². The highest BCUT2D eigenvalue weighted by Gasteiger charge is 2.07. The Labute approximate surface area is 161 Å². The molecule has 2 aromatic carbocycles. The van der Waals surface area contributed by atoms with Crippen molar-refractivity contribution in [2.24, 2.45) is 4.99 Å². The molecular weight excluding hydrogens is 399 g/mol. The zero-order valence-corrected chi connectivity index (χ0v) is 16.6. The van der Waals surface area contributed by atoms with Gasteiger partial charge in [0.15, 0.2) is 5.96 Å². The van der Waals surface area contributed by atoms with Gasteiger partial charge in [-0.2, -0.15) is 0 Å². The summed E-state index contributed by atoms with van der Waals surface area (Å²) in [7, 11) is 5.13. The molecule has 2 rings (SSSR count). The second kappa shape index (κ2) is 9.33.